The number of rotatable bonds is 10. The summed E-state index contributed by atoms with van der Waals surface area (Å²) in [6, 6.07) is 14.3. The number of hydrogen-bond donors (Lipinski definition) is 1. The van der Waals surface area contributed by atoms with E-state index in [1.807, 2.05) is 39.0 Å². The van der Waals surface area contributed by atoms with Gasteiger partial charge in [-0.1, -0.05) is 37.1 Å². The van der Waals surface area contributed by atoms with E-state index in [2.05, 4.69) is 12.2 Å². The Morgan fingerprint density at radius 2 is 1.88 bits per heavy atom. The van der Waals surface area contributed by atoms with Crippen molar-refractivity contribution in [1.29, 1.82) is 0 Å². The molecule has 0 aromatic heterocycles. The maximum Gasteiger partial charge on any atom is 0.410 e. The van der Waals surface area contributed by atoms with Crippen LogP contribution in [-0.2, 0) is 25.5 Å². The molecule has 41 heavy (non-hydrogen) atoms. The second-order valence-electron chi connectivity index (χ2n) is 11.5. The number of fused-ring (bicyclic) bond motifs is 1. The number of hydrogen-bond acceptors (Lipinski definition) is 6. The number of ether oxygens (including phenoxy) is 3. The molecule has 2 saturated heterocycles. The molecule has 4 rings (SSSR count). The first-order chi connectivity index (χ1) is 19.5. The molecular weight excluding hydrogens is 546 g/mol. The number of carbonyl (C=O) groups is 3. The minimum Gasteiger partial charge on any atom is -0.494 e. The zero-order chi connectivity index (χ0) is 29.6. The zero-order valence-electron chi connectivity index (χ0n) is 24.2. The van der Waals surface area contributed by atoms with Gasteiger partial charge < -0.3 is 29.3 Å². The molecule has 3 amide bonds. The van der Waals surface area contributed by atoms with Gasteiger partial charge in [0.15, 0.2) is 0 Å². The first-order valence-electron chi connectivity index (χ1n) is 14.2. The third kappa shape index (κ3) is 8.60. The molecule has 0 aliphatic carbocycles. The van der Waals surface area contributed by atoms with E-state index in [-0.39, 0.29) is 30.8 Å². The highest BCUT2D eigenvalue weighted by Gasteiger charge is 2.49. The third-order valence-electron chi connectivity index (χ3n) is 6.99. The second kappa shape index (κ2) is 13.6. The summed E-state index contributed by atoms with van der Waals surface area (Å²) in [4.78, 5) is 42.8. The molecule has 3 unspecified atom stereocenters. The molecule has 0 bridgehead atoms. The maximum atomic E-state index is 13.7. The van der Waals surface area contributed by atoms with Crippen molar-refractivity contribution in [3.8, 4) is 5.75 Å². The van der Waals surface area contributed by atoms with Gasteiger partial charge in [-0.2, -0.15) is 0 Å². The molecule has 0 radical (unpaired) electrons. The number of anilines is 1. The maximum absolute atomic E-state index is 13.7. The van der Waals surface area contributed by atoms with Gasteiger partial charge in [-0.3, -0.25) is 9.59 Å². The summed E-state index contributed by atoms with van der Waals surface area (Å²) >= 11 is 6.16. The smallest absolute Gasteiger partial charge is 0.410 e. The molecule has 2 aromatic rings. The quantitative estimate of drug-likeness (QED) is 0.380. The Hall–Kier alpha value is -3.30. The standard InChI is InChI=1S/C31H40ClN3O6/c1-5-6-16-39-24-12-10-23(11-13-24)33-28(36)18-26-29(37)35(15-14-21-8-7-9-22(32)17-21)25-19-34(20-27(25)40-26)30(38)41-31(2,3)4/h7-13,17,25-27H,5-6,14-16,18-20H2,1-4H3,(H,33,36). The van der Waals surface area contributed by atoms with Gasteiger partial charge in [0.25, 0.3) is 5.91 Å². The fourth-order valence-corrected chi connectivity index (χ4v) is 5.20. The van der Waals surface area contributed by atoms with E-state index in [0.29, 0.717) is 36.8 Å². The van der Waals surface area contributed by atoms with Crippen LogP contribution in [0.15, 0.2) is 48.5 Å². The van der Waals surface area contributed by atoms with Crippen LogP contribution in [0.5, 0.6) is 5.75 Å². The number of carbonyl (C=O) groups excluding carboxylic acids is 3. The summed E-state index contributed by atoms with van der Waals surface area (Å²) in [5.74, 6) is 0.131. The number of likely N-dealkylation sites (tertiary alicyclic amines) is 1. The van der Waals surface area contributed by atoms with Crippen molar-refractivity contribution in [1.82, 2.24) is 9.80 Å². The molecule has 9 nitrogen and oxygen atoms in total. The van der Waals surface area contributed by atoms with Crippen LogP contribution in [0.2, 0.25) is 5.02 Å². The molecule has 3 atom stereocenters. The molecule has 2 aliphatic heterocycles. The highest BCUT2D eigenvalue weighted by atomic mass is 35.5. The zero-order valence-corrected chi connectivity index (χ0v) is 25.0. The van der Waals surface area contributed by atoms with Gasteiger partial charge in [0.05, 0.1) is 31.7 Å². The van der Waals surface area contributed by atoms with Gasteiger partial charge in [-0.15, -0.1) is 0 Å². The van der Waals surface area contributed by atoms with Crippen LogP contribution in [0, 0.1) is 0 Å². The van der Waals surface area contributed by atoms with E-state index in [0.717, 1.165) is 24.2 Å². The van der Waals surface area contributed by atoms with Crippen LogP contribution in [0.1, 0.15) is 52.5 Å². The van der Waals surface area contributed by atoms with Gasteiger partial charge in [-0.05, 0) is 75.6 Å². The van der Waals surface area contributed by atoms with Crippen molar-refractivity contribution in [2.24, 2.45) is 0 Å². The van der Waals surface area contributed by atoms with E-state index in [4.69, 9.17) is 25.8 Å². The van der Waals surface area contributed by atoms with Crippen molar-refractivity contribution in [3.05, 3.63) is 59.1 Å². The first kappa shape index (κ1) is 30.7. The molecule has 222 valence electrons. The number of unbranched alkanes of at least 4 members (excludes halogenated alkanes) is 1. The summed E-state index contributed by atoms with van der Waals surface area (Å²) in [6.07, 6.45) is 0.609. The minimum atomic E-state index is -0.967. The third-order valence-corrected chi connectivity index (χ3v) is 7.23. The number of benzene rings is 2. The lowest BCUT2D eigenvalue weighted by Crippen LogP contribution is -2.59. The summed E-state index contributed by atoms with van der Waals surface area (Å²) in [5, 5.41) is 3.48. The predicted molar refractivity (Wildman–Crippen MR) is 157 cm³/mol. The molecule has 10 heteroatoms. The molecule has 0 saturated carbocycles. The molecule has 1 N–H and O–H groups in total. The topological polar surface area (TPSA) is 97.4 Å². The van der Waals surface area contributed by atoms with E-state index in [1.165, 1.54) is 0 Å². The Morgan fingerprint density at radius 1 is 1.12 bits per heavy atom. The minimum absolute atomic E-state index is 0.142. The normalized spacial score (nSPS) is 20.5. The van der Waals surface area contributed by atoms with Crippen molar-refractivity contribution in [2.75, 3.05) is 31.6 Å². The van der Waals surface area contributed by atoms with Crippen molar-refractivity contribution in [2.45, 2.75) is 77.2 Å². The van der Waals surface area contributed by atoms with E-state index >= 15 is 0 Å². The average Bonchev–Trinajstić information content (AvgIpc) is 3.33. The highest BCUT2D eigenvalue weighted by Crippen LogP contribution is 2.30. The van der Waals surface area contributed by atoms with Gasteiger partial charge in [0.2, 0.25) is 5.91 Å². The Bertz CT molecular complexity index is 1220. The Morgan fingerprint density at radius 3 is 2.56 bits per heavy atom. The first-order valence-corrected chi connectivity index (χ1v) is 14.6. The van der Waals surface area contributed by atoms with E-state index < -0.39 is 23.9 Å². The number of nitrogens with one attached hydrogen (secondary N) is 1. The van der Waals surface area contributed by atoms with Crippen LogP contribution < -0.4 is 10.1 Å². The SMILES string of the molecule is CCCCOc1ccc(NC(=O)CC2OC3CN(C(=O)OC(C)(C)C)CC3N(CCc3cccc(Cl)c3)C2=O)cc1. The molecule has 0 spiro atoms. The lowest BCUT2D eigenvalue weighted by Gasteiger charge is -2.40. The summed E-state index contributed by atoms with van der Waals surface area (Å²) < 4.78 is 17.4. The number of morpholine rings is 1. The monoisotopic (exact) mass is 585 g/mol. The van der Waals surface area contributed by atoms with Gasteiger partial charge in [0, 0.05) is 23.8 Å². The lowest BCUT2D eigenvalue weighted by atomic mass is 10.0. The van der Waals surface area contributed by atoms with Crippen LogP contribution >= 0.6 is 11.6 Å². The fourth-order valence-electron chi connectivity index (χ4n) is 4.99. The number of nitrogens with zero attached hydrogens (tertiary/aromatic N) is 2. The second-order valence-corrected chi connectivity index (χ2v) is 11.9. The summed E-state index contributed by atoms with van der Waals surface area (Å²) in [7, 11) is 0. The Labute approximate surface area is 247 Å². The Kier molecular flexibility index (Phi) is 10.1. The van der Waals surface area contributed by atoms with Crippen LogP contribution in [-0.4, -0.2) is 77.8 Å². The van der Waals surface area contributed by atoms with Gasteiger partial charge in [-0.25, -0.2) is 4.79 Å². The predicted octanol–water partition coefficient (Wildman–Crippen LogP) is 5.31. The average molecular weight is 586 g/mol. The van der Waals surface area contributed by atoms with Crippen LogP contribution in [0.25, 0.3) is 0 Å². The molecule has 2 heterocycles. The molecule has 2 aromatic carbocycles. The molecular formula is C31H40ClN3O6. The van der Waals surface area contributed by atoms with E-state index in [1.54, 1.807) is 40.1 Å². The summed E-state index contributed by atoms with van der Waals surface area (Å²) in [6.45, 7) is 9.16. The molecule has 2 fully saturated rings. The highest BCUT2D eigenvalue weighted by molar-refractivity contribution is 6.30. The summed E-state index contributed by atoms with van der Waals surface area (Å²) in [5.41, 5.74) is 0.953. The molecule has 2 aliphatic rings. The van der Waals surface area contributed by atoms with Crippen LogP contribution in [0.3, 0.4) is 0 Å². The van der Waals surface area contributed by atoms with Crippen molar-refractivity contribution < 1.29 is 28.6 Å². The fraction of sp³-hybridized carbons (Fsp3) is 0.516. The van der Waals surface area contributed by atoms with Gasteiger partial charge in [0.1, 0.15) is 17.5 Å². The number of halogens is 1. The Balaban J connectivity index is 1.43. The lowest BCUT2D eigenvalue weighted by molar-refractivity contribution is -0.168. The van der Waals surface area contributed by atoms with Gasteiger partial charge >= 0.3 is 6.09 Å². The van der Waals surface area contributed by atoms with Crippen molar-refractivity contribution in [3.63, 3.8) is 0 Å². The van der Waals surface area contributed by atoms with Crippen molar-refractivity contribution >= 4 is 35.2 Å². The number of amides is 3. The van der Waals surface area contributed by atoms with E-state index in [9.17, 15) is 14.4 Å². The largest absolute Gasteiger partial charge is 0.494 e. The van der Waals surface area contributed by atoms with Crippen LogP contribution in [0.4, 0.5) is 10.5 Å².